The zero-order valence-electron chi connectivity index (χ0n) is 14.2. The fourth-order valence-electron chi connectivity index (χ4n) is 2.12. The highest BCUT2D eigenvalue weighted by molar-refractivity contribution is 5.90. The summed E-state index contributed by atoms with van der Waals surface area (Å²) in [7, 11) is 0. The summed E-state index contributed by atoms with van der Waals surface area (Å²) in [6.07, 6.45) is 0.227. The Morgan fingerprint density at radius 3 is 2.44 bits per heavy atom. The van der Waals surface area contributed by atoms with E-state index < -0.39 is 12.6 Å². The van der Waals surface area contributed by atoms with E-state index in [1.807, 2.05) is 32.0 Å². The van der Waals surface area contributed by atoms with E-state index >= 15 is 0 Å². The Balaban J connectivity index is 1.78. The predicted octanol–water partition coefficient (Wildman–Crippen LogP) is 3.17. The van der Waals surface area contributed by atoms with Gasteiger partial charge in [0.25, 0.3) is 0 Å². The van der Waals surface area contributed by atoms with Gasteiger partial charge in [0, 0.05) is 5.69 Å². The van der Waals surface area contributed by atoms with Crippen LogP contribution >= 0.6 is 0 Å². The van der Waals surface area contributed by atoms with Gasteiger partial charge in [-0.2, -0.15) is 0 Å². The molecule has 0 atom stereocenters. The molecule has 0 fully saturated rings. The maximum Gasteiger partial charge on any atom is 0.341 e. The van der Waals surface area contributed by atoms with Crippen molar-refractivity contribution in [1.29, 1.82) is 0 Å². The maximum absolute atomic E-state index is 12.0. The molecular weight excluding hydrogens is 322 g/mol. The molecule has 1 amide bonds. The predicted molar refractivity (Wildman–Crippen MR) is 94.2 cm³/mol. The van der Waals surface area contributed by atoms with Crippen molar-refractivity contribution in [3.63, 3.8) is 0 Å². The number of nitrogens with one attached hydrogen (secondary N) is 1. The van der Waals surface area contributed by atoms with Crippen molar-refractivity contribution in [2.24, 2.45) is 0 Å². The summed E-state index contributed by atoms with van der Waals surface area (Å²) in [5.41, 5.74) is 2.75. The zero-order valence-corrected chi connectivity index (χ0v) is 14.2. The van der Waals surface area contributed by atoms with E-state index in [1.54, 1.807) is 24.3 Å². The number of aryl methyl sites for hydroxylation is 2. The van der Waals surface area contributed by atoms with Gasteiger partial charge in [-0.15, -0.1) is 0 Å². The van der Waals surface area contributed by atoms with E-state index in [2.05, 4.69) is 5.32 Å². The molecule has 0 aromatic heterocycles. The van der Waals surface area contributed by atoms with Gasteiger partial charge in [0.1, 0.15) is 11.5 Å². The second kappa shape index (κ2) is 8.73. The minimum absolute atomic E-state index is 0.162. The first-order valence-electron chi connectivity index (χ1n) is 7.88. The topological polar surface area (TPSA) is 84.9 Å². The Bertz CT molecular complexity index is 740. The van der Waals surface area contributed by atoms with Crippen molar-refractivity contribution in [2.75, 3.05) is 18.5 Å². The number of carboxylic acids is 1. The van der Waals surface area contributed by atoms with Crippen LogP contribution in [0.25, 0.3) is 0 Å². The second-order valence-electron chi connectivity index (χ2n) is 5.62. The largest absolute Gasteiger partial charge is 0.493 e. The first-order chi connectivity index (χ1) is 11.9. The van der Waals surface area contributed by atoms with Gasteiger partial charge in [0.2, 0.25) is 5.91 Å². The fourth-order valence-corrected chi connectivity index (χ4v) is 2.12. The van der Waals surface area contributed by atoms with Crippen LogP contribution in [0.2, 0.25) is 0 Å². The van der Waals surface area contributed by atoms with Crippen molar-refractivity contribution in [3.05, 3.63) is 53.6 Å². The molecule has 0 bridgehead atoms. The standard InChI is InChI=1S/C19H21NO5/c1-13-3-4-14(2)17(11-13)24-10-9-18(21)20-15-5-7-16(8-6-15)25-12-19(22)23/h3-8,11H,9-10,12H2,1-2H3,(H,20,21)(H,22,23). The van der Waals surface area contributed by atoms with Gasteiger partial charge in [-0.05, 0) is 55.3 Å². The van der Waals surface area contributed by atoms with Crippen LogP contribution < -0.4 is 14.8 Å². The van der Waals surface area contributed by atoms with Crippen LogP contribution in [0.4, 0.5) is 5.69 Å². The minimum Gasteiger partial charge on any atom is -0.493 e. The Kier molecular flexibility index (Phi) is 6.39. The number of amides is 1. The van der Waals surface area contributed by atoms with Gasteiger partial charge in [-0.25, -0.2) is 4.79 Å². The number of carboxylic acid groups (broad SMARTS) is 1. The summed E-state index contributed by atoms with van der Waals surface area (Å²) in [4.78, 5) is 22.4. The molecule has 0 unspecified atom stereocenters. The number of rotatable bonds is 8. The SMILES string of the molecule is Cc1ccc(C)c(OCCC(=O)Nc2ccc(OCC(=O)O)cc2)c1. The quantitative estimate of drug-likeness (QED) is 0.769. The Morgan fingerprint density at radius 2 is 1.76 bits per heavy atom. The molecule has 0 heterocycles. The van der Waals surface area contributed by atoms with Gasteiger partial charge < -0.3 is 19.9 Å². The first kappa shape index (κ1) is 18.3. The lowest BCUT2D eigenvalue weighted by Crippen LogP contribution is -2.15. The number of carbonyl (C=O) groups excluding carboxylic acids is 1. The van der Waals surface area contributed by atoms with E-state index in [4.69, 9.17) is 14.6 Å². The lowest BCUT2D eigenvalue weighted by atomic mass is 10.1. The molecule has 0 aliphatic rings. The highest BCUT2D eigenvalue weighted by Crippen LogP contribution is 2.19. The number of hydrogen-bond donors (Lipinski definition) is 2. The number of carbonyl (C=O) groups is 2. The molecule has 0 spiro atoms. The third-order valence-electron chi connectivity index (χ3n) is 3.43. The molecule has 2 aromatic carbocycles. The van der Waals surface area contributed by atoms with E-state index in [1.165, 1.54) is 0 Å². The third-order valence-corrected chi connectivity index (χ3v) is 3.43. The van der Waals surface area contributed by atoms with Crippen LogP contribution in [0.5, 0.6) is 11.5 Å². The van der Waals surface area contributed by atoms with Crippen molar-refractivity contribution >= 4 is 17.6 Å². The average molecular weight is 343 g/mol. The van der Waals surface area contributed by atoms with Crippen LogP contribution in [0.3, 0.4) is 0 Å². The molecule has 2 rings (SSSR count). The molecule has 6 heteroatoms. The Hall–Kier alpha value is -3.02. The van der Waals surface area contributed by atoms with E-state index in [-0.39, 0.29) is 18.9 Å². The van der Waals surface area contributed by atoms with Gasteiger partial charge in [0.05, 0.1) is 13.0 Å². The summed E-state index contributed by atoms with van der Waals surface area (Å²) < 4.78 is 10.7. The molecule has 0 saturated carbocycles. The van der Waals surface area contributed by atoms with Crippen LogP contribution in [-0.2, 0) is 9.59 Å². The normalized spacial score (nSPS) is 10.2. The second-order valence-corrected chi connectivity index (χ2v) is 5.62. The molecule has 6 nitrogen and oxygen atoms in total. The van der Waals surface area contributed by atoms with E-state index in [0.29, 0.717) is 11.4 Å². The van der Waals surface area contributed by atoms with Gasteiger partial charge in [-0.1, -0.05) is 12.1 Å². The molecule has 0 aliphatic heterocycles. The third kappa shape index (κ3) is 6.18. The number of benzene rings is 2. The highest BCUT2D eigenvalue weighted by Gasteiger charge is 2.06. The van der Waals surface area contributed by atoms with E-state index in [0.717, 1.165) is 16.9 Å². The molecule has 0 saturated heterocycles. The summed E-state index contributed by atoms with van der Waals surface area (Å²) in [6.45, 7) is 3.84. The monoisotopic (exact) mass is 343 g/mol. The lowest BCUT2D eigenvalue weighted by molar-refractivity contribution is -0.139. The number of hydrogen-bond acceptors (Lipinski definition) is 4. The summed E-state index contributed by atoms with van der Waals surface area (Å²) in [5, 5.41) is 11.3. The smallest absolute Gasteiger partial charge is 0.341 e. The van der Waals surface area contributed by atoms with Crippen molar-refractivity contribution in [3.8, 4) is 11.5 Å². The Morgan fingerprint density at radius 1 is 1.04 bits per heavy atom. The Labute approximate surface area is 146 Å². The van der Waals surface area contributed by atoms with Gasteiger partial charge in [-0.3, -0.25) is 4.79 Å². The molecular formula is C19H21NO5. The summed E-state index contributed by atoms with van der Waals surface area (Å²) in [6, 6.07) is 12.5. The number of ether oxygens (including phenoxy) is 2. The molecule has 132 valence electrons. The minimum atomic E-state index is -1.04. The van der Waals surface area contributed by atoms with Crippen molar-refractivity contribution < 1.29 is 24.2 Å². The van der Waals surface area contributed by atoms with Gasteiger partial charge >= 0.3 is 5.97 Å². The molecule has 2 N–H and O–H groups in total. The highest BCUT2D eigenvalue weighted by atomic mass is 16.5. The van der Waals surface area contributed by atoms with Gasteiger partial charge in [0.15, 0.2) is 6.61 Å². The molecule has 0 radical (unpaired) electrons. The number of aliphatic carboxylic acids is 1. The van der Waals surface area contributed by atoms with Crippen LogP contribution in [0.15, 0.2) is 42.5 Å². The lowest BCUT2D eigenvalue weighted by Gasteiger charge is -2.10. The van der Waals surface area contributed by atoms with Crippen molar-refractivity contribution in [2.45, 2.75) is 20.3 Å². The van der Waals surface area contributed by atoms with Crippen LogP contribution in [0.1, 0.15) is 17.5 Å². The summed E-state index contributed by atoms with van der Waals surface area (Å²) in [5.74, 6) is 0.0112. The fraction of sp³-hybridized carbons (Fsp3) is 0.263. The maximum atomic E-state index is 12.0. The van der Waals surface area contributed by atoms with E-state index in [9.17, 15) is 9.59 Å². The number of anilines is 1. The molecule has 0 aliphatic carbocycles. The van der Waals surface area contributed by atoms with Crippen LogP contribution in [-0.4, -0.2) is 30.2 Å². The van der Waals surface area contributed by atoms with Crippen molar-refractivity contribution in [1.82, 2.24) is 0 Å². The molecule has 2 aromatic rings. The first-order valence-corrected chi connectivity index (χ1v) is 7.88. The summed E-state index contributed by atoms with van der Waals surface area (Å²) >= 11 is 0. The average Bonchev–Trinajstić information content (AvgIpc) is 2.57. The van der Waals surface area contributed by atoms with Crippen LogP contribution in [0, 0.1) is 13.8 Å². The molecule has 25 heavy (non-hydrogen) atoms. The zero-order chi connectivity index (χ0) is 18.2.